The minimum Gasteiger partial charge on any atom is -0.508 e. The minimum atomic E-state index is 0.218. The van der Waals surface area contributed by atoms with Crippen molar-refractivity contribution in [3.8, 4) is 34.3 Å². The van der Waals surface area contributed by atoms with Crippen LogP contribution in [0.25, 0.3) is 16.9 Å². The summed E-state index contributed by atoms with van der Waals surface area (Å²) in [6, 6.07) is 16.4. The molecule has 0 saturated carbocycles. The van der Waals surface area contributed by atoms with Crippen molar-refractivity contribution >= 4 is 0 Å². The highest BCUT2D eigenvalue weighted by atomic mass is 16.5. The minimum absolute atomic E-state index is 0.218. The van der Waals surface area contributed by atoms with Crippen LogP contribution < -0.4 is 9.47 Å². The Balaban J connectivity index is 1.99. The van der Waals surface area contributed by atoms with Gasteiger partial charge in [0, 0.05) is 18.7 Å². The number of nitrogens with zero attached hydrogens (tertiary/aromatic N) is 2. The van der Waals surface area contributed by atoms with Gasteiger partial charge in [-0.3, -0.25) is 0 Å². The number of hydrogen-bond acceptors (Lipinski definition) is 5. The molecule has 6 heteroatoms. The van der Waals surface area contributed by atoms with Gasteiger partial charge in [-0.15, -0.1) is 5.10 Å². The van der Waals surface area contributed by atoms with Gasteiger partial charge in [0.05, 0.1) is 25.1 Å². The van der Waals surface area contributed by atoms with Crippen molar-refractivity contribution in [1.29, 1.82) is 0 Å². The summed E-state index contributed by atoms with van der Waals surface area (Å²) in [5, 5.41) is 14.1. The molecule has 0 aliphatic carbocycles. The number of aromatic hydroxyl groups is 1. The van der Waals surface area contributed by atoms with Gasteiger partial charge in [0.15, 0.2) is 0 Å². The third-order valence-corrected chi connectivity index (χ3v) is 3.70. The van der Waals surface area contributed by atoms with Gasteiger partial charge in [0.1, 0.15) is 18.1 Å². The van der Waals surface area contributed by atoms with Crippen LogP contribution in [0.4, 0.5) is 0 Å². The summed E-state index contributed by atoms with van der Waals surface area (Å²) in [6.45, 7) is 0.912. The Bertz CT molecular complexity index is 810. The molecule has 3 aromatic rings. The van der Waals surface area contributed by atoms with E-state index in [1.807, 2.05) is 42.5 Å². The SMILES string of the molecule is COCCOc1cc(-c2ccc(O)cc2)n(-c2ccc(OC)cc2)n1. The average Bonchev–Trinajstić information content (AvgIpc) is 3.07. The zero-order chi connectivity index (χ0) is 17.6. The van der Waals surface area contributed by atoms with E-state index in [9.17, 15) is 5.11 Å². The molecular formula is C19H20N2O4. The maximum absolute atomic E-state index is 9.52. The number of benzene rings is 2. The van der Waals surface area contributed by atoms with Gasteiger partial charge in [-0.2, -0.15) is 0 Å². The maximum atomic E-state index is 9.52. The largest absolute Gasteiger partial charge is 0.508 e. The van der Waals surface area contributed by atoms with Crippen LogP contribution in [-0.2, 0) is 4.74 Å². The molecule has 0 aliphatic rings. The van der Waals surface area contributed by atoms with E-state index in [1.54, 1.807) is 31.0 Å². The van der Waals surface area contributed by atoms with E-state index < -0.39 is 0 Å². The Kier molecular flexibility index (Phi) is 5.20. The Morgan fingerprint density at radius 2 is 1.68 bits per heavy atom. The van der Waals surface area contributed by atoms with Gasteiger partial charge in [-0.05, 0) is 48.5 Å². The van der Waals surface area contributed by atoms with Gasteiger partial charge in [0.2, 0.25) is 5.88 Å². The molecule has 130 valence electrons. The van der Waals surface area contributed by atoms with Crippen molar-refractivity contribution in [1.82, 2.24) is 9.78 Å². The van der Waals surface area contributed by atoms with Crippen LogP contribution in [0.1, 0.15) is 0 Å². The molecule has 0 spiro atoms. The van der Waals surface area contributed by atoms with Gasteiger partial charge in [-0.1, -0.05) is 0 Å². The molecule has 1 aromatic heterocycles. The number of ether oxygens (including phenoxy) is 3. The van der Waals surface area contributed by atoms with E-state index in [2.05, 4.69) is 5.10 Å². The van der Waals surface area contributed by atoms with Crippen molar-refractivity contribution < 1.29 is 19.3 Å². The number of hydrogen-bond donors (Lipinski definition) is 1. The second-order valence-electron chi connectivity index (χ2n) is 5.37. The first-order valence-electron chi connectivity index (χ1n) is 7.87. The molecule has 1 heterocycles. The Morgan fingerprint density at radius 3 is 2.32 bits per heavy atom. The lowest BCUT2D eigenvalue weighted by atomic mass is 10.1. The molecule has 0 saturated heterocycles. The normalized spacial score (nSPS) is 10.6. The summed E-state index contributed by atoms with van der Waals surface area (Å²) in [7, 11) is 3.26. The first-order chi connectivity index (χ1) is 12.2. The number of phenols is 1. The molecule has 2 aromatic carbocycles. The molecular weight excluding hydrogens is 320 g/mol. The molecule has 0 unspecified atom stereocenters. The second-order valence-corrected chi connectivity index (χ2v) is 5.37. The van der Waals surface area contributed by atoms with Crippen molar-refractivity contribution in [3.63, 3.8) is 0 Å². The molecule has 0 bridgehead atoms. The number of aromatic nitrogens is 2. The number of methoxy groups -OCH3 is 2. The summed E-state index contributed by atoms with van der Waals surface area (Å²) >= 11 is 0. The summed E-state index contributed by atoms with van der Waals surface area (Å²) in [5.41, 5.74) is 2.66. The number of phenolic OH excluding ortho intramolecular Hbond substituents is 1. The lowest BCUT2D eigenvalue weighted by molar-refractivity contribution is 0.143. The predicted octanol–water partition coefficient (Wildman–Crippen LogP) is 3.28. The highest BCUT2D eigenvalue weighted by Gasteiger charge is 2.13. The van der Waals surface area contributed by atoms with E-state index in [1.165, 1.54) is 0 Å². The van der Waals surface area contributed by atoms with Crippen LogP contribution in [0, 0.1) is 0 Å². The third kappa shape index (κ3) is 3.92. The Labute approximate surface area is 146 Å². The van der Waals surface area contributed by atoms with Crippen molar-refractivity contribution in [2.75, 3.05) is 27.4 Å². The fourth-order valence-electron chi connectivity index (χ4n) is 2.42. The molecule has 0 atom stereocenters. The molecule has 6 nitrogen and oxygen atoms in total. The molecule has 0 radical (unpaired) electrons. The topological polar surface area (TPSA) is 65.7 Å². The van der Waals surface area contributed by atoms with Crippen LogP contribution in [0.3, 0.4) is 0 Å². The molecule has 0 amide bonds. The van der Waals surface area contributed by atoms with Gasteiger partial charge in [-0.25, -0.2) is 4.68 Å². The molecule has 1 N–H and O–H groups in total. The Hall–Kier alpha value is -2.99. The van der Waals surface area contributed by atoms with Gasteiger partial charge >= 0.3 is 0 Å². The molecule has 0 fully saturated rings. The molecule has 3 rings (SSSR count). The lowest BCUT2D eigenvalue weighted by Crippen LogP contribution is -2.05. The third-order valence-electron chi connectivity index (χ3n) is 3.70. The zero-order valence-corrected chi connectivity index (χ0v) is 14.2. The van der Waals surface area contributed by atoms with E-state index in [-0.39, 0.29) is 5.75 Å². The second kappa shape index (κ2) is 7.72. The van der Waals surface area contributed by atoms with Crippen LogP contribution in [0.5, 0.6) is 17.4 Å². The van der Waals surface area contributed by atoms with E-state index in [0.29, 0.717) is 19.1 Å². The highest BCUT2D eigenvalue weighted by Crippen LogP contribution is 2.29. The fourth-order valence-corrected chi connectivity index (χ4v) is 2.42. The summed E-state index contributed by atoms with van der Waals surface area (Å²) < 4.78 is 17.7. The first kappa shape index (κ1) is 16.9. The standard InChI is InChI=1S/C19H20N2O4/c1-23-11-12-25-19-13-18(14-3-7-16(22)8-4-14)21(20-19)15-5-9-17(24-2)10-6-15/h3-10,13,22H,11-12H2,1-2H3. The van der Waals surface area contributed by atoms with Crippen LogP contribution in [0.15, 0.2) is 54.6 Å². The summed E-state index contributed by atoms with van der Waals surface area (Å²) in [6.07, 6.45) is 0. The number of rotatable bonds is 7. The summed E-state index contributed by atoms with van der Waals surface area (Å²) in [4.78, 5) is 0. The van der Waals surface area contributed by atoms with Crippen LogP contribution >= 0.6 is 0 Å². The van der Waals surface area contributed by atoms with E-state index in [0.717, 1.165) is 22.7 Å². The Morgan fingerprint density at radius 1 is 0.960 bits per heavy atom. The summed E-state index contributed by atoms with van der Waals surface area (Å²) in [5.74, 6) is 1.51. The predicted molar refractivity (Wildman–Crippen MR) is 94.6 cm³/mol. The van der Waals surface area contributed by atoms with Crippen molar-refractivity contribution in [3.05, 3.63) is 54.6 Å². The van der Waals surface area contributed by atoms with Crippen molar-refractivity contribution in [2.45, 2.75) is 0 Å². The van der Waals surface area contributed by atoms with E-state index in [4.69, 9.17) is 14.2 Å². The van der Waals surface area contributed by atoms with E-state index >= 15 is 0 Å². The lowest BCUT2D eigenvalue weighted by Gasteiger charge is -2.08. The molecule has 0 aliphatic heterocycles. The monoisotopic (exact) mass is 340 g/mol. The van der Waals surface area contributed by atoms with Gasteiger partial charge < -0.3 is 19.3 Å². The smallest absolute Gasteiger partial charge is 0.233 e. The molecule has 25 heavy (non-hydrogen) atoms. The van der Waals surface area contributed by atoms with Gasteiger partial charge in [0.25, 0.3) is 0 Å². The fraction of sp³-hybridized carbons (Fsp3) is 0.211. The quantitative estimate of drug-likeness (QED) is 0.669. The van der Waals surface area contributed by atoms with Crippen LogP contribution in [0.2, 0.25) is 0 Å². The highest BCUT2D eigenvalue weighted by molar-refractivity contribution is 5.64. The first-order valence-corrected chi connectivity index (χ1v) is 7.87. The van der Waals surface area contributed by atoms with Crippen molar-refractivity contribution in [2.24, 2.45) is 0 Å². The average molecular weight is 340 g/mol. The maximum Gasteiger partial charge on any atom is 0.233 e. The zero-order valence-electron chi connectivity index (χ0n) is 14.2. The van der Waals surface area contributed by atoms with Crippen LogP contribution in [-0.4, -0.2) is 42.3 Å².